The van der Waals surface area contributed by atoms with Gasteiger partial charge in [-0.3, -0.25) is 19.9 Å². The minimum Gasteiger partial charge on any atom is -0.465 e. The second-order valence-electron chi connectivity index (χ2n) is 4.92. The average molecular weight is 355 g/mol. The molecule has 0 spiro atoms. The first-order valence-corrected chi connectivity index (χ1v) is 6.80. The summed E-state index contributed by atoms with van der Waals surface area (Å²) in [5.74, 6) is -2.97. The van der Waals surface area contributed by atoms with Crippen molar-refractivity contribution in [1.82, 2.24) is 15.3 Å². The normalized spacial score (nSPS) is 11.1. The summed E-state index contributed by atoms with van der Waals surface area (Å²) in [6.07, 6.45) is -3.18. The topological polar surface area (TPSA) is 101 Å². The van der Waals surface area contributed by atoms with Crippen LogP contribution in [0.1, 0.15) is 42.5 Å². The third-order valence-electron chi connectivity index (χ3n) is 3.26. The largest absolute Gasteiger partial charge is 0.465 e. The van der Waals surface area contributed by atoms with E-state index in [1.807, 2.05) is 5.32 Å². The number of rotatable bonds is 3. The molecular formula is C15H12F3N3O4. The third kappa shape index (κ3) is 3.84. The highest BCUT2D eigenvalue weighted by Crippen LogP contribution is 2.31. The molecule has 0 fully saturated rings. The van der Waals surface area contributed by atoms with E-state index < -0.39 is 35.1 Å². The van der Waals surface area contributed by atoms with E-state index in [4.69, 9.17) is 0 Å². The first kappa shape index (κ1) is 18.2. The number of esters is 1. The van der Waals surface area contributed by atoms with Crippen LogP contribution in [-0.2, 0) is 10.9 Å². The summed E-state index contributed by atoms with van der Waals surface area (Å²) in [6, 6.07) is 1.77. The number of methoxy groups -OCH3 is 1. The van der Waals surface area contributed by atoms with Gasteiger partial charge in [-0.15, -0.1) is 0 Å². The number of halogens is 3. The molecule has 7 nitrogen and oxygen atoms in total. The van der Waals surface area contributed by atoms with Crippen molar-refractivity contribution in [3.63, 3.8) is 0 Å². The number of hydrogen-bond donors (Lipinski definition) is 2. The van der Waals surface area contributed by atoms with E-state index in [1.165, 1.54) is 6.92 Å². The standard InChI is InChI=1S/C15H12F3N3O4/c1-7-8(14(24)25-2)5-11(20-7)13(23)21-12(22)9-6-19-4-3-10(9)15(16,17)18/h3-6,20H,1-2H3,(H,21,22,23). The number of aromatic nitrogens is 2. The summed E-state index contributed by atoms with van der Waals surface area (Å²) >= 11 is 0. The zero-order valence-electron chi connectivity index (χ0n) is 13.0. The predicted octanol–water partition coefficient (Wildman–Crippen LogP) is 2.09. The average Bonchev–Trinajstić information content (AvgIpc) is 2.95. The van der Waals surface area contributed by atoms with Gasteiger partial charge in [0.2, 0.25) is 0 Å². The molecule has 10 heteroatoms. The first-order chi connectivity index (χ1) is 11.6. The molecule has 0 aromatic carbocycles. The Balaban J connectivity index is 2.25. The summed E-state index contributed by atoms with van der Waals surface area (Å²) < 4.78 is 43.2. The summed E-state index contributed by atoms with van der Waals surface area (Å²) in [5, 5.41) is 1.82. The molecule has 2 N–H and O–H groups in total. The van der Waals surface area contributed by atoms with E-state index in [0.717, 1.165) is 19.4 Å². The SMILES string of the molecule is COC(=O)c1cc(C(=O)NC(=O)c2cnccc2C(F)(F)F)[nH]c1C. The molecule has 0 atom stereocenters. The zero-order valence-corrected chi connectivity index (χ0v) is 13.0. The van der Waals surface area contributed by atoms with Crippen LogP contribution in [0, 0.1) is 6.92 Å². The maximum absolute atomic E-state index is 12.9. The van der Waals surface area contributed by atoms with Crippen molar-refractivity contribution >= 4 is 17.8 Å². The van der Waals surface area contributed by atoms with Crippen molar-refractivity contribution in [2.24, 2.45) is 0 Å². The summed E-state index contributed by atoms with van der Waals surface area (Å²) in [5.41, 5.74) is -1.81. The van der Waals surface area contributed by atoms with Crippen molar-refractivity contribution < 1.29 is 32.3 Å². The van der Waals surface area contributed by atoms with Gasteiger partial charge in [-0.1, -0.05) is 0 Å². The lowest BCUT2D eigenvalue weighted by molar-refractivity contribution is -0.138. The Kier molecular flexibility index (Phi) is 4.91. The van der Waals surface area contributed by atoms with Gasteiger partial charge in [-0.05, 0) is 19.1 Å². The van der Waals surface area contributed by atoms with E-state index >= 15 is 0 Å². The monoisotopic (exact) mass is 355 g/mol. The molecule has 0 saturated carbocycles. The minimum absolute atomic E-state index is 0.0671. The number of nitrogens with one attached hydrogen (secondary N) is 2. The molecule has 132 valence electrons. The smallest absolute Gasteiger partial charge is 0.417 e. The van der Waals surface area contributed by atoms with Gasteiger partial charge < -0.3 is 9.72 Å². The van der Waals surface area contributed by atoms with Crippen LogP contribution in [0.25, 0.3) is 0 Å². The number of H-pyrrole nitrogens is 1. The highest BCUT2D eigenvalue weighted by Gasteiger charge is 2.35. The molecule has 2 heterocycles. The zero-order chi connectivity index (χ0) is 18.8. The first-order valence-electron chi connectivity index (χ1n) is 6.80. The lowest BCUT2D eigenvalue weighted by atomic mass is 10.1. The molecule has 2 aromatic rings. The van der Waals surface area contributed by atoms with Crippen LogP contribution >= 0.6 is 0 Å². The van der Waals surface area contributed by atoms with Crippen molar-refractivity contribution in [1.29, 1.82) is 0 Å². The minimum atomic E-state index is -4.78. The van der Waals surface area contributed by atoms with Gasteiger partial charge in [-0.25, -0.2) is 4.79 Å². The molecular weight excluding hydrogens is 343 g/mol. The molecule has 25 heavy (non-hydrogen) atoms. The van der Waals surface area contributed by atoms with Gasteiger partial charge >= 0.3 is 12.1 Å². The molecule has 0 aliphatic heterocycles. The Morgan fingerprint density at radius 2 is 1.88 bits per heavy atom. The number of imide groups is 1. The highest BCUT2D eigenvalue weighted by atomic mass is 19.4. The summed E-state index contributed by atoms with van der Waals surface area (Å²) in [6.45, 7) is 1.49. The second kappa shape index (κ2) is 6.75. The highest BCUT2D eigenvalue weighted by molar-refractivity contribution is 6.11. The number of carbonyl (C=O) groups excluding carboxylic acids is 3. The molecule has 2 rings (SSSR count). The van der Waals surface area contributed by atoms with Gasteiger partial charge in [0.25, 0.3) is 11.8 Å². The van der Waals surface area contributed by atoms with Crippen LogP contribution in [0.15, 0.2) is 24.5 Å². The fourth-order valence-corrected chi connectivity index (χ4v) is 2.06. The lowest BCUT2D eigenvalue weighted by Gasteiger charge is -2.11. The molecule has 0 saturated heterocycles. The van der Waals surface area contributed by atoms with Crippen LogP contribution in [-0.4, -0.2) is 34.9 Å². The van der Waals surface area contributed by atoms with E-state index in [1.54, 1.807) is 0 Å². The van der Waals surface area contributed by atoms with Crippen molar-refractivity contribution in [2.45, 2.75) is 13.1 Å². The van der Waals surface area contributed by atoms with Gasteiger partial charge in [0.1, 0.15) is 5.69 Å². The lowest BCUT2D eigenvalue weighted by Crippen LogP contribution is -2.32. The number of aryl methyl sites for hydroxylation is 1. The fourth-order valence-electron chi connectivity index (χ4n) is 2.06. The Bertz CT molecular complexity index is 843. The van der Waals surface area contributed by atoms with Crippen LogP contribution in [0.4, 0.5) is 13.2 Å². The van der Waals surface area contributed by atoms with Gasteiger partial charge in [0.15, 0.2) is 0 Å². The molecule has 2 amide bonds. The van der Waals surface area contributed by atoms with Crippen LogP contribution in [0.3, 0.4) is 0 Å². The Labute approximate surface area is 139 Å². The number of amides is 2. The van der Waals surface area contributed by atoms with Gasteiger partial charge in [0, 0.05) is 18.1 Å². The van der Waals surface area contributed by atoms with Crippen molar-refractivity contribution in [2.75, 3.05) is 7.11 Å². The van der Waals surface area contributed by atoms with E-state index in [9.17, 15) is 27.6 Å². The third-order valence-corrected chi connectivity index (χ3v) is 3.26. The molecule has 0 radical (unpaired) electrons. The van der Waals surface area contributed by atoms with E-state index in [0.29, 0.717) is 18.0 Å². The number of alkyl halides is 3. The molecule has 2 aromatic heterocycles. The Morgan fingerprint density at radius 1 is 1.20 bits per heavy atom. The fraction of sp³-hybridized carbons (Fsp3) is 0.200. The quantitative estimate of drug-likeness (QED) is 0.649. The Morgan fingerprint density at radius 3 is 2.48 bits per heavy atom. The van der Waals surface area contributed by atoms with Gasteiger partial charge in [-0.2, -0.15) is 13.2 Å². The predicted molar refractivity (Wildman–Crippen MR) is 77.9 cm³/mol. The number of pyridine rings is 1. The molecule has 0 aliphatic rings. The van der Waals surface area contributed by atoms with E-state index in [2.05, 4.69) is 14.7 Å². The van der Waals surface area contributed by atoms with Crippen LogP contribution in [0.2, 0.25) is 0 Å². The molecule has 0 unspecified atom stereocenters. The number of ether oxygens (including phenoxy) is 1. The number of hydrogen-bond acceptors (Lipinski definition) is 5. The summed E-state index contributed by atoms with van der Waals surface area (Å²) in [4.78, 5) is 41.6. The van der Waals surface area contributed by atoms with Crippen LogP contribution < -0.4 is 5.32 Å². The Hall–Kier alpha value is -3.17. The van der Waals surface area contributed by atoms with Crippen molar-refractivity contribution in [3.8, 4) is 0 Å². The second-order valence-corrected chi connectivity index (χ2v) is 4.92. The number of nitrogens with zero attached hydrogens (tertiary/aromatic N) is 1. The number of carbonyl (C=O) groups is 3. The van der Waals surface area contributed by atoms with Gasteiger partial charge in [0.05, 0.1) is 23.8 Å². The maximum atomic E-state index is 12.9. The van der Waals surface area contributed by atoms with Crippen LogP contribution in [0.5, 0.6) is 0 Å². The van der Waals surface area contributed by atoms with Crippen molar-refractivity contribution in [3.05, 3.63) is 52.6 Å². The number of aromatic amines is 1. The summed E-state index contributed by atoms with van der Waals surface area (Å²) in [7, 11) is 1.15. The molecule has 0 aliphatic carbocycles. The van der Waals surface area contributed by atoms with E-state index in [-0.39, 0.29) is 11.3 Å². The maximum Gasteiger partial charge on any atom is 0.417 e. The molecule has 0 bridgehead atoms.